The van der Waals surface area contributed by atoms with Gasteiger partial charge in [0.2, 0.25) is 11.8 Å². The van der Waals surface area contributed by atoms with Gasteiger partial charge in [0.1, 0.15) is 0 Å². The molecule has 3 heterocycles. The fourth-order valence-corrected chi connectivity index (χ4v) is 4.83. The third-order valence-corrected chi connectivity index (χ3v) is 7.35. The van der Waals surface area contributed by atoms with Gasteiger partial charge in [0, 0.05) is 52.1 Å². The first-order valence-corrected chi connectivity index (χ1v) is 10.5. The molecule has 2 aliphatic heterocycles. The number of piperidine rings is 2. The van der Waals surface area contributed by atoms with Gasteiger partial charge in [-0.2, -0.15) is 17.0 Å². The highest BCUT2D eigenvalue weighted by Crippen LogP contribution is 2.36. The molecular formula is C16H29N5O4S. The number of aliphatic hydroxyl groups is 1. The van der Waals surface area contributed by atoms with Crippen LogP contribution in [0.3, 0.4) is 0 Å². The van der Waals surface area contributed by atoms with Crippen molar-refractivity contribution in [3.05, 3.63) is 11.8 Å². The summed E-state index contributed by atoms with van der Waals surface area (Å²) in [6, 6.07) is 0. The van der Waals surface area contributed by atoms with Crippen molar-refractivity contribution in [1.82, 2.24) is 23.7 Å². The summed E-state index contributed by atoms with van der Waals surface area (Å²) in [5.41, 5.74) is -0.799. The van der Waals surface area contributed by atoms with Crippen LogP contribution in [0.5, 0.6) is 0 Å². The lowest BCUT2D eigenvalue weighted by atomic mass is 9.76. The van der Waals surface area contributed by atoms with Crippen LogP contribution in [0.25, 0.3) is 0 Å². The lowest BCUT2D eigenvalue weighted by Gasteiger charge is -2.49. The van der Waals surface area contributed by atoms with Crippen LogP contribution >= 0.6 is 0 Å². The van der Waals surface area contributed by atoms with Crippen LogP contribution in [0.1, 0.15) is 44.4 Å². The quantitative estimate of drug-likeness (QED) is 0.773. The first-order valence-electron chi connectivity index (χ1n) is 9.06. The summed E-state index contributed by atoms with van der Waals surface area (Å²) in [5.74, 6) is 1.24. The molecule has 0 aromatic carbocycles. The normalized spacial score (nSPS) is 28.7. The van der Waals surface area contributed by atoms with E-state index >= 15 is 0 Å². The maximum Gasteiger partial charge on any atom is 0.281 e. The van der Waals surface area contributed by atoms with Crippen molar-refractivity contribution in [3.63, 3.8) is 0 Å². The Morgan fingerprint density at radius 1 is 1.27 bits per heavy atom. The Labute approximate surface area is 155 Å². The van der Waals surface area contributed by atoms with Crippen LogP contribution < -0.4 is 0 Å². The largest absolute Gasteiger partial charge is 0.424 e. The Morgan fingerprint density at radius 2 is 1.96 bits per heavy atom. The molecule has 0 bridgehead atoms. The minimum absolute atomic E-state index is 0.132. The molecular weight excluding hydrogens is 358 g/mol. The second kappa shape index (κ2) is 7.16. The van der Waals surface area contributed by atoms with Crippen LogP contribution in [0.15, 0.2) is 4.42 Å². The van der Waals surface area contributed by atoms with E-state index in [1.807, 2.05) is 13.8 Å². The van der Waals surface area contributed by atoms with Gasteiger partial charge in [-0.05, 0) is 12.8 Å². The number of nitrogens with zero attached hydrogens (tertiary/aromatic N) is 5. The zero-order valence-electron chi connectivity index (χ0n) is 15.9. The van der Waals surface area contributed by atoms with Gasteiger partial charge >= 0.3 is 0 Å². The second-order valence-electron chi connectivity index (χ2n) is 7.87. The van der Waals surface area contributed by atoms with Crippen LogP contribution in [-0.4, -0.2) is 83.1 Å². The number of fused-ring (bicyclic) bond motifs is 1. The Bertz CT molecular complexity index is 735. The van der Waals surface area contributed by atoms with Gasteiger partial charge in [-0.3, -0.25) is 4.90 Å². The SMILES string of the molecule is CC(C)c1nnc(CN2CC[C@]3(O)CCN(S(=O)(=O)N(C)C)C[C@@H]3C2)o1. The summed E-state index contributed by atoms with van der Waals surface area (Å²) in [6.07, 6.45) is 1.09. The van der Waals surface area contributed by atoms with Crippen LogP contribution in [0.2, 0.25) is 0 Å². The van der Waals surface area contributed by atoms with Crippen LogP contribution in [0.4, 0.5) is 0 Å². The number of rotatable bonds is 5. The van der Waals surface area contributed by atoms with E-state index < -0.39 is 15.8 Å². The molecule has 2 aliphatic rings. The highest BCUT2D eigenvalue weighted by Gasteiger charge is 2.47. The van der Waals surface area contributed by atoms with Crippen LogP contribution in [-0.2, 0) is 16.8 Å². The summed E-state index contributed by atoms with van der Waals surface area (Å²) in [7, 11) is -0.398. The molecule has 3 rings (SSSR count). The molecule has 26 heavy (non-hydrogen) atoms. The van der Waals surface area contributed by atoms with E-state index in [4.69, 9.17) is 4.42 Å². The summed E-state index contributed by atoms with van der Waals surface area (Å²) < 4.78 is 33.2. The van der Waals surface area contributed by atoms with E-state index in [1.165, 1.54) is 22.7 Å². The monoisotopic (exact) mass is 387 g/mol. The van der Waals surface area contributed by atoms with Crippen molar-refractivity contribution < 1.29 is 17.9 Å². The molecule has 2 saturated heterocycles. The van der Waals surface area contributed by atoms with E-state index in [9.17, 15) is 13.5 Å². The molecule has 0 amide bonds. The lowest BCUT2D eigenvalue weighted by Crippen LogP contribution is -2.61. The fourth-order valence-electron chi connectivity index (χ4n) is 3.68. The first kappa shape index (κ1) is 19.7. The number of aromatic nitrogens is 2. The predicted octanol–water partition coefficient (Wildman–Crippen LogP) is 0.258. The zero-order chi connectivity index (χ0) is 19.1. The molecule has 148 valence electrons. The Hall–Kier alpha value is -1.07. The summed E-state index contributed by atoms with van der Waals surface area (Å²) in [6.45, 7) is 6.54. The second-order valence-corrected chi connectivity index (χ2v) is 10.0. The van der Waals surface area contributed by atoms with Crippen molar-refractivity contribution in [2.75, 3.05) is 40.3 Å². The van der Waals surface area contributed by atoms with Crippen molar-refractivity contribution in [1.29, 1.82) is 0 Å². The fraction of sp³-hybridized carbons (Fsp3) is 0.875. The Balaban J connectivity index is 1.68. The van der Waals surface area contributed by atoms with Gasteiger partial charge in [-0.25, -0.2) is 0 Å². The maximum absolute atomic E-state index is 12.4. The van der Waals surface area contributed by atoms with Gasteiger partial charge in [0.05, 0.1) is 12.1 Å². The van der Waals surface area contributed by atoms with E-state index in [0.717, 1.165) is 6.54 Å². The lowest BCUT2D eigenvalue weighted by molar-refractivity contribution is -0.104. The van der Waals surface area contributed by atoms with Gasteiger partial charge in [0.15, 0.2) is 0 Å². The molecule has 0 saturated carbocycles. The molecule has 9 nitrogen and oxygen atoms in total. The third kappa shape index (κ3) is 3.79. The van der Waals surface area contributed by atoms with E-state index in [1.54, 1.807) is 0 Å². The smallest absolute Gasteiger partial charge is 0.281 e. The molecule has 0 aliphatic carbocycles. The molecule has 2 fully saturated rings. The average molecular weight is 388 g/mol. The highest BCUT2D eigenvalue weighted by atomic mass is 32.2. The molecule has 1 N–H and O–H groups in total. The molecule has 1 aromatic heterocycles. The highest BCUT2D eigenvalue weighted by molar-refractivity contribution is 7.86. The summed E-state index contributed by atoms with van der Waals surface area (Å²) >= 11 is 0. The third-order valence-electron chi connectivity index (χ3n) is 5.44. The number of hydrogen-bond acceptors (Lipinski definition) is 7. The molecule has 0 unspecified atom stereocenters. The standard InChI is InChI=1S/C16H29N5O4S/c1-12(2)15-18-17-14(25-15)11-20-7-5-16(22)6-8-21(10-13(16)9-20)26(23,24)19(3)4/h12-13,22H,5-11H2,1-4H3/t13-,16-/m0/s1. The molecule has 0 radical (unpaired) electrons. The van der Waals surface area contributed by atoms with Gasteiger partial charge in [-0.15, -0.1) is 10.2 Å². The summed E-state index contributed by atoms with van der Waals surface area (Å²) in [4.78, 5) is 2.16. The van der Waals surface area contributed by atoms with Crippen molar-refractivity contribution in [2.45, 2.75) is 44.8 Å². The van der Waals surface area contributed by atoms with Crippen molar-refractivity contribution >= 4 is 10.2 Å². The first-order chi connectivity index (χ1) is 12.1. The summed E-state index contributed by atoms with van der Waals surface area (Å²) in [5, 5.41) is 19.1. The van der Waals surface area contributed by atoms with Gasteiger partial charge in [0.25, 0.3) is 10.2 Å². The van der Waals surface area contributed by atoms with Crippen LogP contribution in [0, 0.1) is 5.92 Å². The Morgan fingerprint density at radius 3 is 2.58 bits per heavy atom. The molecule has 1 aromatic rings. The predicted molar refractivity (Wildman–Crippen MR) is 95.5 cm³/mol. The zero-order valence-corrected chi connectivity index (χ0v) is 16.7. The van der Waals surface area contributed by atoms with Crippen molar-refractivity contribution in [2.24, 2.45) is 5.92 Å². The molecule has 10 heteroatoms. The minimum atomic E-state index is -3.46. The maximum atomic E-state index is 12.4. The van der Waals surface area contributed by atoms with Gasteiger partial charge < -0.3 is 9.52 Å². The topological polar surface area (TPSA) is 103 Å². The number of hydrogen-bond donors (Lipinski definition) is 1. The van der Waals surface area contributed by atoms with E-state index in [-0.39, 0.29) is 11.8 Å². The average Bonchev–Trinajstić information content (AvgIpc) is 3.03. The Kier molecular flexibility index (Phi) is 5.42. The minimum Gasteiger partial charge on any atom is -0.424 e. The van der Waals surface area contributed by atoms with E-state index in [0.29, 0.717) is 50.8 Å². The van der Waals surface area contributed by atoms with E-state index in [2.05, 4.69) is 15.1 Å². The molecule has 0 spiro atoms. The van der Waals surface area contributed by atoms with Crippen molar-refractivity contribution in [3.8, 4) is 0 Å². The van der Waals surface area contributed by atoms with Gasteiger partial charge in [-0.1, -0.05) is 13.8 Å². The molecule has 2 atom stereocenters. The number of likely N-dealkylation sites (tertiary alicyclic amines) is 1.